The molecule has 0 aliphatic heterocycles. The van der Waals surface area contributed by atoms with Gasteiger partial charge in [-0.05, 0) is 40.5 Å². The molecule has 8 nitrogen and oxygen atoms in total. The summed E-state index contributed by atoms with van der Waals surface area (Å²) in [5.41, 5.74) is 1.57. The summed E-state index contributed by atoms with van der Waals surface area (Å²) >= 11 is 0. The molecule has 2 rings (SSSR count). The average Bonchev–Trinajstić information content (AvgIpc) is 3.01. The minimum atomic E-state index is -1.01. The third kappa shape index (κ3) is 4.87. The number of carbonyl (C=O) groups is 2. The predicted octanol–water partition coefficient (Wildman–Crippen LogP) is 0.820. The van der Waals surface area contributed by atoms with E-state index >= 15 is 0 Å². The molecule has 8 heteroatoms. The van der Waals surface area contributed by atoms with Crippen LogP contribution in [0.25, 0.3) is 5.69 Å². The number of carboxylic acids is 1. The maximum Gasteiger partial charge on any atom is 0.326 e. The fraction of sp³-hybridized carbons (Fsp3) is 0.400. The van der Waals surface area contributed by atoms with Crippen LogP contribution in [-0.2, 0) is 16.0 Å². The van der Waals surface area contributed by atoms with E-state index in [9.17, 15) is 9.59 Å². The van der Waals surface area contributed by atoms with Gasteiger partial charge in [-0.2, -0.15) is 0 Å². The van der Waals surface area contributed by atoms with E-state index in [-0.39, 0.29) is 18.2 Å². The Balaban J connectivity index is 1.95. The van der Waals surface area contributed by atoms with Gasteiger partial charge in [-0.15, -0.1) is 5.10 Å². The highest BCUT2D eigenvalue weighted by Gasteiger charge is 2.20. The number of rotatable bonds is 7. The Morgan fingerprint density at radius 3 is 2.48 bits per heavy atom. The number of aromatic nitrogens is 4. The summed E-state index contributed by atoms with van der Waals surface area (Å²) in [6.07, 6.45) is 2.00. The quantitative estimate of drug-likeness (QED) is 0.782. The zero-order valence-corrected chi connectivity index (χ0v) is 13.0. The maximum absolute atomic E-state index is 12.0. The van der Waals surface area contributed by atoms with E-state index in [0.717, 1.165) is 11.3 Å². The Hall–Kier alpha value is -2.77. The number of hydrogen-bond donors (Lipinski definition) is 2. The van der Waals surface area contributed by atoms with Gasteiger partial charge in [-0.3, -0.25) is 4.79 Å². The van der Waals surface area contributed by atoms with Crippen molar-refractivity contribution in [3.63, 3.8) is 0 Å². The second kappa shape index (κ2) is 7.48. The summed E-state index contributed by atoms with van der Waals surface area (Å²) < 4.78 is 1.51. The first-order chi connectivity index (χ1) is 11.0. The standard InChI is InChI=1S/C15H19N5O3/c1-10(2)7-13(15(22)23)17-14(21)8-11-3-5-12(6-4-11)20-9-16-18-19-20/h3-6,9-10,13H,7-8H2,1-2H3,(H,17,21)(H,22,23). The molecule has 0 bridgehead atoms. The van der Waals surface area contributed by atoms with Crippen molar-refractivity contribution in [1.29, 1.82) is 0 Å². The Labute approximate surface area is 133 Å². The van der Waals surface area contributed by atoms with Crippen molar-refractivity contribution in [1.82, 2.24) is 25.5 Å². The molecule has 0 aliphatic carbocycles. The van der Waals surface area contributed by atoms with Crippen molar-refractivity contribution in [3.8, 4) is 5.69 Å². The zero-order valence-electron chi connectivity index (χ0n) is 13.0. The number of nitrogens with zero attached hydrogens (tertiary/aromatic N) is 4. The third-order valence-electron chi connectivity index (χ3n) is 3.25. The number of aliphatic carboxylic acids is 1. The van der Waals surface area contributed by atoms with E-state index < -0.39 is 12.0 Å². The van der Waals surface area contributed by atoms with Crippen molar-refractivity contribution in [2.75, 3.05) is 0 Å². The lowest BCUT2D eigenvalue weighted by Crippen LogP contribution is -2.42. The van der Waals surface area contributed by atoms with Crippen molar-refractivity contribution in [3.05, 3.63) is 36.2 Å². The molecule has 0 saturated heterocycles. The monoisotopic (exact) mass is 317 g/mol. The highest BCUT2D eigenvalue weighted by atomic mass is 16.4. The second-order valence-corrected chi connectivity index (χ2v) is 5.69. The number of tetrazole rings is 1. The van der Waals surface area contributed by atoms with Gasteiger partial charge < -0.3 is 10.4 Å². The molecule has 1 amide bonds. The third-order valence-corrected chi connectivity index (χ3v) is 3.25. The molecular weight excluding hydrogens is 298 g/mol. The number of nitrogens with one attached hydrogen (secondary N) is 1. The first-order valence-corrected chi connectivity index (χ1v) is 7.30. The van der Waals surface area contributed by atoms with Gasteiger partial charge in [-0.25, -0.2) is 9.48 Å². The van der Waals surface area contributed by atoms with Crippen LogP contribution in [-0.4, -0.2) is 43.2 Å². The zero-order chi connectivity index (χ0) is 16.8. The number of carboxylic acid groups (broad SMARTS) is 1. The summed E-state index contributed by atoms with van der Waals surface area (Å²) in [6, 6.07) is 6.30. The van der Waals surface area contributed by atoms with Gasteiger partial charge in [0.2, 0.25) is 5.91 Å². The molecule has 0 radical (unpaired) electrons. The summed E-state index contributed by atoms with van der Waals surface area (Å²) in [4.78, 5) is 23.2. The minimum absolute atomic E-state index is 0.123. The maximum atomic E-state index is 12.0. The number of amides is 1. The van der Waals surface area contributed by atoms with E-state index in [2.05, 4.69) is 20.8 Å². The van der Waals surface area contributed by atoms with Crippen LogP contribution < -0.4 is 5.32 Å². The molecule has 0 saturated carbocycles. The van der Waals surface area contributed by atoms with Crippen molar-refractivity contribution < 1.29 is 14.7 Å². The van der Waals surface area contributed by atoms with E-state index in [4.69, 9.17) is 5.11 Å². The minimum Gasteiger partial charge on any atom is -0.480 e. The van der Waals surface area contributed by atoms with Crippen LogP contribution in [0.1, 0.15) is 25.8 Å². The summed E-state index contributed by atoms with van der Waals surface area (Å²) in [5.74, 6) is -1.14. The molecule has 122 valence electrons. The molecule has 23 heavy (non-hydrogen) atoms. The summed E-state index contributed by atoms with van der Waals surface area (Å²) in [6.45, 7) is 3.83. The van der Waals surface area contributed by atoms with Crippen molar-refractivity contribution >= 4 is 11.9 Å². The normalized spacial score (nSPS) is 12.1. The Morgan fingerprint density at radius 1 is 1.26 bits per heavy atom. The lowest BCUT2D eigenvalue weighted by molar-refractivity contribution is -0.142. The first-order valence-electron chi connectivity index (χ1n) is 7.30. The first kappa shape index (κ1) is 16.6. The second-order valence-electron chi connectivity index (χ2n) is 5.69. The molecule has 0 aliphatic rings. The van der Waals surface area contributed by atoms with Gasteiger partial charge in [-0.1, -0.05) is 26.0 Å². The molecule has 1 unspecified atom stereocenters. The fourth-order valence-electron chi connectivity index (χ4n) is 2.17. The van der Waals surface area contributed by atoms with Crippen molar-refractivity contribution in [2.24, 2.45) is 5.92 Å². The van der Waals surface area contributed by atoms with Crippen LogP contribution >= 0.6 is 0 Å². The van der Waals surface area contributed by atoms with Gasteiger partial charge in [0.25, 0.3) is 0 Å². The number of carbonyl (C=O) groups excluding carboxylic acids is 1. The summed E-state index contributed by atoms with van der Waals surface area (Å²) in [5, 5.41) is 22.6. The van der Waals surface area contributed by atoms with E-state index in [1.165, 1.54) is 11.0 Å². The molecule has 1 aromatic heterocycles. The highest BCUT2D eigenvalue weighted by Crippen LogP contribution is 2.09. The van der Waals surface area contributed by atoms with Gasteiger partial charge in [0.1, 0.15) is 12.4 Å². The largest absolute Gasteiger partial charge is 0.480 e. The fourth-order valence-corrected chi connectivity index (χ4v) is 2.17. The molecule has 0 spiro atoms. The lowest BCUT2D eigenvalue weighted by atomic mass is 10.0. The van der Waals surface area contributed by atoms with Crippen LogP contribution in [0.15, 0.2) is 30.6 Å². The van der Waals surface area contributed by atoms with Crippen LogP contribution in [0.5, 0.6) is 0 Å². The molecular formula is C15H19N5O3. The smallest absolute Gasteiger partial charge is 0.326 e. The number of benzene rings is 1. The summed E-state index contributed by atoms with van der Waals surface area (Å²) in [7, 11) is 0. The topological polar surface area (TPSA) is 110 Å². The van der Waals surface area contributed by atoms with Gasteiger partial charge in [0.15, 0.2) is 0 Å². The van der Waals surface area contributed by atoms with Crippen LogP contribution in [0.3, 0.4) is 0 Å². The highest BCUT2D eigenvalue weighted by molar-refractivity contribution is 5.84. The van der Waals surface area contributed by atoms with Gasteiger partial charge in [0, 0.05) is 0 Å². The molecule has 2 aromatic rings. The van der Waals surface area contributed by atoms with Crippen LogP contribution in [0.2, 0.25) is 0 Å². The van der Waals surface area contributed by atoms with E-state index in [1.807, 2.05) is 13.8 Å². The Bertz CT molecular complexity index is 652. The predicted molar refractivity (Wildman–Crippen MR) is 81.9 cm³/mol. The number of hydrogen-bond acceptors (Lipinski definition) is 5. The molecule has 1 aromatic carbocycles. The van der Waals surface area contributed by atoms with Gasteiger partial charge >= 0.3 is 5.97 Å². The molecule has 1 heterocycles. The molecule has 0 fully saturated rings. The van der Waals surface area contributed by atoms with Crippen molar-refractivity contribution in [2.45, 2.75) is 32.7 Å². The van der Waals surface area contributed by atoms with Crippen LogP contribution in [0.4, 0.5) is 0 Å². The van der Waals surface area contributed by atoms with E-state index in [1.54, 1.807) is 24.3 Å². The SMILES string of the molecule is CC(C)CC(NC(=O)Cc1ccc(-n2cnnn2)cc1)C(=O)O. The van der Waals surface area contributed by atoms with E-state index in [0.29, 0.717) is 6.42 Å². The molecule has 1 atom stereocenters. The Kier molecular flexibility index (Phi) is 5.40. The van der Waals surface area contributed by atoms with Gasteiger partial charge in [0.05, 0.1) is 12.1 Å². The van der Waals surface area contributed by atoms with Crippen LogP contribution in [0, 0.1) is 5.92 Å². The average molecular weight is 317 g/mol. The lowest BCUT2D eigenvalue weighted by Gasteiger charge is -2.16. The molecule has 2 N–H and O–H groups in total. The Morgan fingerprint density at radius 2 is 1.96 bits per heavy atom.